The summed E-state index contributed by atoms with van der Waals surface area (Å²) in [6, 6.07) is 0. The summed E-state index contributed by atoms with van der Waals surface area (Å²) in [7, 11) is 1.29. The minimum Gasteiger partial charge on any atom is -0.468 e. The molecule has 0 bridgehead atoms. The van der Waals surface area contributed by atoms with Gasteiger partial charge in [-0.15, -0.1) is 5.10 Å². The van der Waals surface area contributed by atoms with Crippen molar-refractivity contribution in [2.24, 2.45) is 0 Å². The zero-order valence-corrected chi connectivity index (χ0v) is 9.85. The molecule has 0 amide bonds. The van der Waals surface area contributed by atoms with E-state index in [0.717, 1.165) is 0 Å². The molecule has 1 aliphatic heterocycles. The van der Waals surface area contributed by atoms with Gasteiger partial charge in [-0.1, -0.05) is 11.8 Å². The average molecular weight is 258 g/mol. The second kappa shape index (κ2) is 5.13. The molecule has 2 rings (SSSR count). The topological polar surface area (TPSA) is 96.2 Å². The first-order valence-electron chi connectivity index (χ1n) is 4.87. The van der Waals surface area contributed by atoms with E-state index in [1.54, 1.807) is 0 Å². The quantitative estimate of drug-likeness (QED) is 0.651. The van der Waals surface area contributed by atoms with Gasteiger partial charge in [0.1, 0.15) is 11.8 Å². The van der Waals surface area contributed by atoms with Gasteiger partial charge in [0.25, 0.3) is 0 Å². The summed E-state index contributed by atoms with van der Waals surface area (Å²) >= 11 is 1.19. The molecule has 1 saturated heterocycles. The summed E-state index contributed by atoms with van der Waals surface area (Å²) in [6.45, 7) is 0.336. The molecule has 17 heavy (non-hydrogen) atoms. The molecule has 0 aliphatic carbocycles. The van der Waals surface area contributed by atoms with Gasteiger partial charge in [-0.25, -0.2) is 4.68 Å². The van der Waals surface area contributed by atoms with Crippen LogP contribution in [0.25, 0.3) is 0 Å². The Morgan fingerprint density at radius 3 is 3.18 bits per heavy atom. The van der Waals surface area contributed by atoms with Crippen LogP contribution in [-0.2, 0) is 25.6 Å². The second-order valence-corrected chi connectivity index (χ2v) is 4.43. The zero-order chi connectivity index (χ0) is 12.3. The number of nitrogens with zero attached hydrogens (tertiary/aromatic N) is 4. The number of hydrogen-bond acceptors (Lipinski definition) is 8. The lowest BCUT2D eigenvalue weighted by Gasteiger charge is -2.05. The first-order valence-corrected chi connectivity index (χ1v) is 5.75. The number of rotatable bonds is 4. The van der Waals surface area contributed by atoms with Gasteiger partial charge in [0, 0.05) is 6.42 Å². The molecule has 1 atom stereocenters. The standard InChI is InChI=1S/C8H10N4O4S/c1-15-6(13)4-12-8(9-10-11-12)17-5-2-3-16-7(5)14/h5H,2-4H2,1H3. The number of thioether (sulfide) groups is 1. The maximum Gasteiger partial charge on any atom is 0.327 e. The molecule has 0 saturated carbocycles. The summed E-state index contributed by atoms with van der Waals surface area (Å²) in [5.74, 6) is -0.726. The van der Waals surface area contributed by atoms with Gasteiger partial charge in [0.15, 0.2) is 0 Å². The van der Waals surface area contributed by atoms with Crippen LogP contribution >= 0.6 is 11.8 Å². The molecule has 0 N–H and O–H groups in total. The number of aromatic nitrogens is 4. The van der Waals surface area contributed by atoms with Crippen molar-refractivity contribution in [3.8, 4) is 0 Å². The molecule has 9 heteroatoms. The molecular formula is C8H10N4O4S. The first kappa shape index (κ1) is 11.8. The number of hydrogen-bond donors (Lipinski definition) is 0. The van der Waals surface area contributed by atoms with Gasteiger partial charge in [0.2, 0.25) is 5.16 Å². The Kier molecular flexibility index (Phi) is 3.57. The molecule has 92 valence electrons. The Morgan fingerprint density at radius 1 is 1.71 bits per heavy atom. The van der Waals surface area contributed by atoms with E-state index in [9.17, 15) is 9.59 Å². The number of cyclic esters (lactones) is 1. The van der Waals surface area contributed by atoms with Gasteiger partial charge in [-0.2, -0.15) is 0 Å². The zero-order valence-electron chi connectivity index (χ0n) is 9.03. The first-order chi connectivity index (χ1) is 8.20. The van der Waals surface area contributed by atoms with E-state index in [2.05, 4.69) is 20.3 Å². The minimum absolute atomic E-state index is 0.0758. The predicted octanol–water partition coefficient (Wildman–Crippen LogP) is -0.746. The van der Waals surface area contributed by atoms with Crippen LogP contribution in [0.5, 0.6) is 0 Å². The summed E-state index contributed by atoms with van der Waals surface area (Å²) in [6.07, 6.45) is 0.620. The highest BCUT2D eigenvalue weighted by Gasteiger charge is 2.29. The molecule has 0 radical (unpaired) electrons. The third kappa shape index (κ3) is 2.73. The number of tetrazole rings is 1. The summed E-state index contributed by atoms with van der Waals surface area (Å²) < 4.78 is 10.6. The largest absolute Gasteiger partial charge is 0.468 e. The predicted molar refractivity (Wildman–Crippen MR) is 55.1 cm³/mol. The lowest BCUT2D eigenvalue weighted by atomic mass is 10.4. The van der Waals surface area contributed by atoms with Crippen molar-refractivity contribution in [2.75, 3.05) is 13.7 Å². The van der Waals surface area contributed by atoms with E-state index >= 15 is 0 Å². The Hall–Kier alpha value is -1.64. The Bertz CT molecular complexity index is 435. The van der Waals surface area contributed by atoms with Crippen molar-refractivity contribution in [1.82, 2.24) is 20.2 Å². The highest BCUT2D eigenvalue weighted by Crippen LogP contribution is 2.27. The second-order valence-electron chi connectivity index (χ2n) is 3.26. The maximum absolute atomic E-state index is 11.3. The average Bonchev–Trinajstić information content (AvgIpc) is 2.90. The molecule has 0 spiro atoms. The normalized spacial score (nSPS) is 19.1. The lowest BCUT2D eigenvalue weighted by Crippen LogP contribution is -2.16. The van der Waals surface area contributed by atoms with Crippen molar-refractivity contribution < 1.29 is 19.1 Å². The van der Waals surface area contributed by atoms with E-state index in [0.29, 0.717) is 18.2 Å². The Balaban J connectivity index is 2.03. The van der Waals surface area contributed by atoms with Gasteiger partial charge < -0.3 is 9.47 Å². The third-order valence-electron chi connectivity index (χ3n) is 2.14. The minimum atomic E-state index is -0.451. The van der Waals surface area contributed by atoms with Crippen LogP contribution in [0.1, 0.15) is 6.42 Å². The lowest BCUT2D eigenvalue weighted by molar-refractivity contribution is -0.141. The van der Waals surface area contributed by atoms with Crippen molar-refractivity contribution in [3.05, 3.63) is 0 Å². The van der Waals surface area contributed by atoms with Crippen molar-refractivity contribution in [1.29, 1.82) is 0 Å². The fraction of sp³-hybridized carbons (Fsp3) is 0.625. The summed E-state index contributed by atoms with van der Waals surface area (Å²) in [5.41, 5.74) is 0. The molecule has 1 aliphatic rings. The fourth-order valence-electron chi connectivity index (χ4n) is 1.28. The van der Waals surface area contributed by atoms with Crippen molar-refractivity contribution >= 4 is 23.7 Å². The van der Waals surface area contributed by atoms with Crippen LogP contribution in [-0.4, -0.2) is 51.1 Å². The maximum atomic E-state index is 11.3. The summed E-state index contributed by atoms with van der Waals surface area (Å²) in [5, 5.41) is 11.0. The van der Waals surface area contributed by atoms with Crippen LogP contribution in [0.3, 0.4) is 0 Å². The molecule has 1 aromatic rings. The van der Waals surface area contributed by atoms with Crippen LogP contribution in [0, 0.1) is 0 Å². The SMILES string of the molecule is COC(=O)Cn1nnnc1SC1CCOC1=O. The molecule has 0 aromatic carbocycles. The van der Waals surface area contributed by atoms with Gasteiger partial charge in [0.05, 0.1) is 13.7 Å². The van der Waals surface area contributed by atoms with E-state index < -0.39 is 5.97 Å². The molecule has 1 fully saturated rings. The highest BCUT2D eigenvalue weighted by molar-refractivity contribution is 8.00. The number of esters is 2. The summed E-state index contributed by atoms with van der Waals surface area (Å²) in [4.78, 5) is 22.4. The highest BCUT2D eigenvalue weighted by atomic mass is 32.2. The molecular weight excluding hydrogens is 248 g/mol. The fourth-order valence-corrected chi connectivity index (χ4v) is 2.22. The van der Waals surface area contributed by atoms with E-state index in [4.69, 9.17) is 4.74 Å². The third-order valence-corrected chi connectivity index (χ3v) is 3.36. The smallest absolute Gasteiger partial charge is 0.327 e. The van der Waals surface area contributed by atoms with Crippen LogP contribution in [0.15, 0.2) is 5.16 Å². The van der Waals surface area contributed by atoms with Crippen molar-refractivity contribution in [2.45, 2.75) is 23.4 Å². The van der Waals surface area contributed by atoms with E-state index in [1.807, 2.05) is 0 Å². The number of methoxy groups -OCH3 is 1. The number of carbonyl (C=O) groups is 2. The molecule has 8 nitrogen and oxygen atoms in total. The Labute approximate surface area is 101 Å². The van der Waals surface area contributed by atoms with Crippen LogP contribution in [0.4, 0.5) is 0 Å². The van der Waals surface area contributed by atoms with E-state index in [1.165, 1.54) is 23.6 Å². The molecule has 1 aromatic heterocycles. The van der Waals surface area contributed by atoms with Crippen molar-refractivity contribution in [3.63, 3.8) is 0 Å². The Morgan fingerprint density at radius 2 is 2.53 bits per heavy atom. The molecule has 1 unspecified atom stereocenters. The monoisotopic (exact) mass is 258 g/mol. The van der Waals surface area contributed by atoms with E-state index in [-0.39, 0.29) is 17.8 Å². The molecule has 2 heterocycles. The van der Waals surface area contributed by atoms with Gasteiger partial charge in [-0.3, -0.25) is 9.59 Å². The van der Waals surface area contributed by atoms with Gasteiger partial charge >= 0.3 is 11.9 Å². The van der Waals surface area contributed by atoms with Gasteiger partial charge in [-0.05, 0) is 10.4 Å². The van der Waals surface area contributed by atoms with Crippen LogP contribution < -0.4 is 0 Å². The number of ether oxygens (including phenoxy) is 2. The number of carbonyl (C=O) groups excluding carboxylic acids is 2. The van der Waals surface area contributed by atoms with Crippen LogP contribution in [0.2, 0.25) is 0 Å².